The summed E-state index contributed by atoms with van der Waals surface area (Å²) < 4.78 is 5.34. The van der Waals surface area contributed by atoms with Crippen LogP contribution in [0, 0.1) is 0 Å². The van der Waals surface area contributed by atoms with Crippen molar-refractivity contribution in [2.24, 2.45) is 0 Å². The lowest BCUT2D eigenvalue weighted by molar-refractivity contribution is 0.00506. The van der Waals surface area contributed by atoms with Crippen LogP contribution in [-0.4, -0.2) is 83.7 Å². The second-order valence-corrected chi connectivity index (χ2v) is 6.15. The molecule has 6 nitrogen and oxygen atoms in total. The van der Waals surface area contributed by atoms with E-state index in [0.717, 1.165) is 65.3 Å². The molecular formula is C15H26N4O2. The smallest absolute Gasteiger partial charge is 0.0793 e. The fourth-order valence-electron chi connectivity index (χ4n) is 3.36. The van der Waals surface area contributed by atoms with E-state index in [0.29, 0.717) is 5.92 Å². The molecule has 1 aromatic heterocycles. The van der Waals surface area contributed by atoms with Crippen molar-refractivity contribution in [2.75, 3.05) is 52.5 Å². The Kier molecular flexibility index (Phi) is 5.24. The van der Waals surface area contributed by atoms with E-state index in [9.17, 15) is 5.11 Å². The van der Waals surface area contributed by atoms with Gasteiger partial charge in [0.05, 0.1) is 19.3 Å². The third-order valence-electron chi connectivity index (χ3n) is 4.59. The SMILES string of the molecule is OC(CN1CCOCC1)CN1CCC(c2ccn[nH]2)CC1. The molecule has 118 valence electrons. The van der Waals surface area contributed by atoms with E-state index in [1.54, 1.807) is 0 Å². The molecule has 1 unspecified atom stereocenters. The largest absolute Gasteiger partial charge is 0.390 e. The molecule has 3 rings (SSSR count). The van der Waals surface area contributed by atoms with Crippen molar-refractivity contribution >= 4 is 0 Å². The first kappa shape index (κ1) is 15.0. The molecule has 2 aliphatic heterocycles. The third-order valence-corrected chi connectivity index (χ3v) is 4.59. The fraction of sp³-hybridized carbons (Fsp3) is 0.800. The van der Waals surface area contributed by atoms with Gasteiger partial charge in [-0.1, -0.05) is 0 Å². The minimum Gasteiger partial charge on any atom is -0.390 e. The van der Waals surface area contributed by atoms with Crippen LogP contribution in [0.2, 0.25) is 0 Å². The number of aliphatic hydroxyl groups is 1. The van der Waals surface area contributed by atoms with Crippen molar-refractivity contribution < 1.29 is 9.84 Å². The van der Waals surface area contributed by atoms with Crippen LogP contribution in [0.1, 0.15) is 24.5 Å². The Bertz CT molecular complexity index is 398. The molecule has 2 saturated heterocycles. The van der Waals surface area contributed by atoms with Crippen molar-refractivity contribution in [1.82, 2.24) is 20.0 Å². The first-order chi connectivity index (χ1) is 10.3. The molecule has 0 bridgehead atoms. The molecule has 21 heavy (non-hydrogen) atoms. The maximum atomic E-state index is 10.3. The number of hydrogen-bond donors (Lipinski definition) is 2. The van der Waals surface area contributed by atoms with E-state index in [1.807, 2.05) is 6.20 Å². The topological polar surface area (TPSA) is 64.6 Å². The van der Waals surface area contributed by atoms with Crippen LogP contribution < -0.4 is 0 Å². The monoisotopic (exact) mass is 294 g/mol. The van der Waals surface area contributed by atoms with Crippen molar-refractivity contribution in [3.63, 3.8) is 0 Å². The molecule has 0 aromatic carbocycles. The minimum atomic E-state index is -0.258. The van der Waals surface area contributed by atoms with Crippen LogP contribution in [0.15, 0.2) is 12.3 Å². The number of nitrogens with one attached hydrogen (secondary N) is 1. The van der Waals surface area contributed by atoms with Gasteiger partial charge in [-0.2, -0.15) is 5.10 Å². The number of β-amino-alcohol motifs (C(OH)–C–C–N with tert-alkyl or cyclic N) is 1. The molecule has 0 aliphatic carbocycles. The van der Waals surface area contributed by atoms with Gasteiger partial charge in [0, 0.05) is 44.0 Å². The lowest BCUT2D eigenvalue weighted by Crippen LogP contribution is -2.46. The van der Waals surface area contributed by atoms with Gasteiger partial charge in [0.2, 0.25) is 0 Å². The molecule has 2 aliphatic rings. The number of likely N-dealkylation sites (tertiary alicyclic amines) is 1. The Morgan fingerprint density at radius 1 is 1.19 bits per heavy atom. The highest BCUT2D eigenvalue weighted by atomic mass is 16.5. The van der Waals surface area contributed by atoms with Gasteiger partial charge < -0.3 is 14.7 Å². The molecule has 0 spiro atoms. The normalized spacial score (nSPS) is 24.2. The van der Waals surface area contributed by atoms with E-state index >= 15 is 0 Å². The molecule has 1 atom stereocenters. The Morgan fingerprint density at radius 3 is 2.48 bits per heavy atom. The molecule has 0 amide bonds. The number of hydrogen-bond acceptors (Lipinski definition) is 5. The quantitative estimate of drug-likeness (QED) is 0.817. The molecule has 2 fully saturated rings. The molecule has 6 heteroatoms. The summed E-state index contributed by atoms with van der Waals surface area (Å²) in [6.45, 7) is 7.15. The molecule has 3 heterocycles. The average molecular weight is 294 g/mol. The molecule has 1 aromatic rings. The van der Waals surface area contributed by atoms with E-state index in [-0.39, 0.29) is 6.10 Å². The number of piperidine rings is 1. The van der Waals surface area contributed by atoms with E-state index in [4.69, 9.17) is 4.74 Å². The molecule has 0 radical (unpaired) electrons. The Balaban J connectivity index is 1.38. The number of ether oxygens (including phenoxy) is 1. The highest BCUT2D eigenvalue weighted by molar-refractivity contribution is 5.06. The zero-order valence-corrected chi connectivity index (χ0v) is 12.6. The Labute approximate surface area is 126 Å². The van der Waals surface area contributed by atoms with Crippen molar-refractivity contribution in [3.8, 4) is 0 Å². The summed E-state index contributed by atoms with van der Waals surface area (Å²) >= 11 is 0. The summed E-state index contributed by atoms with van der Waals surface area (Å²) in [5, 5.41) is 17.4. The van der Waals surface area contributed by atoms with Gasteiger partial charge >= 0.3 is 0 Å². The summed E-state index contributed by atoms with van der Waals surface area (Å²) in [5.74, 6) is 0.597. The maximum absolute atomic E-state index is 10.3. The molecule has 2 N–H and O–H groups in total. The summed E-state index contributed by atoms with van der Waals surface area (Å²) in [6.07, 6.45) is 3.86. The lowest BCUT2D eigenvalue weighted by Gasteiger charge is -2.34. The standard InChI is InChI=1S/C15H26N4O2/c20-14(12-19-7-9-21-10-8-19)11-18-5-2-13(3-6-18)15-1-4-16-17-15/h1,4,13-14,20H,2-3,5-12H2,(H,16,17). The van der Waals surface area contributed by atoms with Crippen LogP contribution in [0.3, 0.4) is 0 Å². The van der Waals surface area contributed by atoms with Gasteiger partial charge in [0.25, 0.3) is 0 Å². The Morgan fingerprint density at radius 2 is 1.86 bits per heavy atom. The summed E-state index contributed by atoms with van der Waals surface area (Å²) in [7, 11) is 0. The number of nitrogens with zero attached hydrogens (tertiary/aromatic N) is 3. The first-order valence-corrected chi connectivity index (χ1v) is 8.01. The van der Waals surface area contributed by atoms with Gasteiger partial charge in [-0.15, -0.1) is 0 Å². The summed E-state index contributed by atoms with van der Waals surface area (Å²) in [5.41, 5.74) is 1.25. The second-order valence-electron chi connectivity index (χ2n) is 6.15. The number of morpholine rings is 1. The van der Waals surface area contributed by atoms with Crippen LogP contribution >= 0.6 is 0 Å². The number of rotatable bonds is 5. The minimum absolute atomic E-state index is 0.258. The van der Waals surface area contributed by atoms with Crippen LogP contribution in [0.5, 0.6) is 0 Å². The van der Waals surface area contributed by atoms with E-state index in [1.165, 1.54) is 5.69 Å². The van der Waals surface area contributed by atoms with Crippen LogP contribution in [0.25, 0.3) is 0 Å². The fourth-order valence-corrected chi connectivity index (χ4v) is 3.36. The molecular weight excluding hydrogens is 268 g/mol. The number of aliphatic hydroxyl groups excluding tert-OH is 1. The highest BCUT2D eigenvalue weighted by Crippen LogP contribution is 2.26. The number of aromatic nitrogens is 2. The predicted molar refractivity (Wildman–Crippen MR) is 80.3 cm³/mol. The van der Waals surface area contributed by atoms with E-state index in [2.05, 4.69) is 26.1 Å². The summed E-state index contributed by atoms with van der Waals surface area (Å²) in [4.78, 5) is 4.68. The van der Waals surface area contributed by atoms with Crippen molar-refractivity contribution in [2.45, 2.75) is 24.9 Å². The highest BCUT2D eigenvalue weighted by Gasteiger charge is 2.23. The van der Waals surface area contributed by atoms with Gasteiger partial charge in [-0.25, -0.2) is 0 Å². The number of aromatic amines is 1. The van der Waals surface area contributed by atoms with Gasteiger partial charge in [0.1, 0.15) is 0 Å². The predicted octanol–water partition coefficient (Wildman–Crippen LogP) is 0.282. The third kappa shape index (κ3) is 4.26. The maximum Gasteiger partial charge on any atom is 0.0793 e. The van der Waals surface area contributed by atoms with Crippen LogP contribution in [0.4, 0.5) is 0 Å². The van der Waals surface area contributed by atoms with Crippen LogP contribution in [-0.2, 0) is 4.74 Å². The lowest BCUT2D eigenvalue weighted by atomic mass is 9.93. The van der Waals surface area contributed by atoms with Gasteiger partial charge in [-0.3, -0.25) is 10.00 Å². The average Bonchev–Trinajstić information content (AvgIpc) is 3.03. The van der Waals surface area contributed by atoms with Crippen molar-refractivity contribution in [1.29, 1.82) is 0 Å². The van der Waals surface area contributed by atoms with Gasteiger partial charge in [0.15, 0.2) is 0 Å². The van der Waals surface area contributed by atoms with E-state index < -0.39 is 0 Å². The number of H-pyrrole nitrogens is 1. The molecule has 0 saturated carbocycles. The zero-order chi connectivity index (χ0) is 14.5. The van der Waals surface area contributed by atoms with Gasteiger partial charge in [-0.05, 0) is 32.0 Å². The first-order valence-electron chi connectivity index (χ1n) is 8.01. The second kappa shape index (κ2) is 7.35. The summed E-state index contributed by atoms with van der Waals surface area (Å²) in [6, 6.07) is 2.08. The Hall–Kier alpha value is -0.950. The zero-order valence-electron chi connectivity index (χ0n) is 12.6. The van der Waals surface area contributed by atoms with Crippen molar-refractivity contribution in [3.05, 3.63) is 18.0 Å².